The van der Waals surface area contributed by atoms with E-state index in [0.29, 0.717) is 23.0 Å². The Kier molecular flexibility index (Phi) is 6.09. The number of benzene rings is 2. The van der Waals surface area contributed by atoms with Gasteiger partial charge in [0.1, 0.15) is 0 Å². The standard InChI is InChI=1S/C23H26N4O3/c1-2-3-12-27-23(29)20-7-5-4-6-19(20)21(25-27)22(28)24-17-8-10-18(11-9-17)26-13-15-30-16-14-26/h4-11H,2-3,12-16H2,1H3,(H,24,28). The van der Waals surface area contributed by atoms with Crippen LogP contribution in [0.25, 0.3) is 10.8 Å². The number of carbonyl (C=O) groups is 1. The number of amides is 1. The topological polar surface area (TPSA) is 76.5 Å². The van der Waals surface area contributed by atoms with E-state index in [0.717, 1.165) is 44.8 Å². The Morgan fingerprint density at radius 2 is 1.77 bits per heavy atom. The fourth-order valence-electron chi connectivity index (χ4n) is 3.63. The molecule has 3 aromatic rings. The van der Waals surface area contributed by atoms with E-state index in [1.54, 1.807) is 18.2 Å². The van der Waals surface area contributed by atoms with Crippen molar-refractivity contribution in [3.8, 4) is 0 Å². The highest BCUT2D eigenvalue weighted by Crippen LogP contribution is 2.20. The molecular weight excluding hydrogens is 380 g/mol. The second-order valence-electron chi connectivity index (χ2n) is 7.38. The third-order valence-corrected chi connectivity index (χ3v) is 5.31. The molecule has 0 unspecified atom stereocenters. The lowest BCUT2D eigenvalue weighted by atomic mass is 10.1. The maximum atomic E-state index is 13.0. The average molecular weight is 406 g/mol. The lowest BCUT2D eigenvalue weighted by molar-refractivity contribution is 0.102. The van der Waals surface area contributed by atoms with Gasteiger partial charge in [-0.15, -0.1) is 0 Å². The van der Waals surface area contributed by atoms with Gasteiger partial charge < -0.3 is 15.0 Å². The quantitative estimate of drug-likeness (QED) is 0.680. The van der Waals surface area contributed by atoms with Gasteiger partial charge in [-0.25, -0.2) is 4.68 Å². The van der Waals surface area contributed by atoms with Crippen molar-refractivity contribution in [3.63, 3.8) is 0 Å². The monoisotopic (exact) mass is 406 g/mol. The van der Waals surface area contributed by atoms with Gasteiger partial charge in [0.05, 0.1) is 18.6 Å². The van der Waals surface area contributed by atoms with Gasteiger partial charge in [-0.2, -0.15) is 5.10 Å². The number of aromatic nitrogens is 2. The number of aryl methyl sites for hydroxylation is 1. The Bertz CT molecular complexity index is 1090. The van der Waals surface area contributed by atoms with Crippen LogP contribution in [0.3, 0.4) is 0 Å². The minimum atomic E-state index is -0.324. The summed E-state index contributed by atoms with van der Waals surface area (Å²) in [4.78, 5) is 28.0. The molecule has 1 N–H and O–H groups in total. The van der Waals surface area contributed by atoms with E-state index < -0.39 is 0 Å². The average Bonchev–Trinajstić information content (AvgIpc) is 2.80. The maximum absolute atomic E-state index is 13.0. The molecule has 0 aliphatic carbocycles. The van der Waals surface area contributed by atoms with Crippen LogP contribution in [0.5, 0.6) is 0 Å². The van der Waals surface area contributed by atoms with Crippen LogP contribution in [-0.4, -0.2) is 42.0 Å². The SMILES string of the molecule is CCCCn1nc(C(=O)Nc2ccc(N3CCOCC3)cc2)c2ccccc2c1=O. The van der Waals surface area contributed by atoms with Gasteiger partial charge in [0.25, 0.3) is 11.5 Å². The molecular formula is C23H26N4O3. The van der Waals surface area contributed by atoms with Gasteiger partial charge in [-0.05, 0) is 36.8 Å². The summed E-state index contributed by atoms with van der Waals surface area (Å²) in [6, 6.07) is 14.9. The van der Waals surface area contributed by atoms with E-state index in [4.69, 9.17) is 4.74 Å². The number of nitrogens with one attached hydrogen (secondary N) is 1. The van der Waals surface area contributed by atoms with Crippen molar-refractivity contribution >= 4 is 28.1 Å². The van der Waals surface area contributed by atoms with Crippen LogP contribution in [0.2, 0.25) is 0 Å². The summed E-state index contributed by atoms with van der Waals surface area (Å²) in [5, 5.41) is 8.40. The van der Waals surface area contributed by atoms with Crippen LogP contribution in [0.15, 0.2) is 53.3 Å². The summed E-state index contributed by atoms with van der Waals surface area (Å²) in [7, 11) is 0. The molecule has 2 heterocycles. The first-order valence-electron chi connectivity index (χ1n) is 10.4. The zero-order valence-electron chi connectivity index (χ0n) is 17.1. The molecule has 0 saturated carbocycles. The van der Waals surface area contributed by atoms with E-state index in [2.05, 4.69) is 22.2 Å². The first kappa shape index (κ1) is 20.1. The first-order valence-corrected chi connectivity index (χ1v) is 10.4. The van der Waals surface area contributed by atoms with Crippen molar-refractivity contribution in [2.75, 3.05) is 36.5 Å². The summed E-state index contributed by atoms with van der Waals surface area (Å²) in [5.74, 6) is -0.324. The predicted octanol–water partition coefficient (Wildman–Crippen LogP) is 3.29. The second-order valence-corrected chi connectivity index (χ2v) is 7.38. The second kappa shape index (κ2) is 9.09. The van der Waals surface area contributed by atoms with Crippen LogP contribution < -0.4 is 15.8 Å². The third-order valence-electron chi connectivity index (χ3n) is 5.31. The summed E-state index contributed by atoms with van der Waals surface area (Å²) in [5.41, 5.74) is 1.89. The number of fused-ring (bicyclic) bond motifs is 1. The minimum absolute atomic E-state index is 0.162. The van der Waals surface area contributed by atoms with E-state index in [9.17, 15) is 9.59 Å². The molecule has 0 bridgehead atoms. The molecule has 156 valence electrons. The molecule has 4 rings (SSSR count). The molecule has 1 aliphatic heterocycles. The molecule has 1 fully saturated rings. The van der Waals surface area contributed by atoms with Crippen molar-refractivity contribution in [1.82, 2.24) is 9.78 Å². The summed E-state index contributed by atoms with van der Waals surface area (Å²) in [6.07, 6.45) is 1.77. The maximum Gasteiger partial charge on any atom is 0.276 e. The molecule has 7 heteroatoms. The lowest BCUT2D eigenvalue weighted by Gasteiger charge is -2.28. The van der Waals surface area contributed by atoms with Gasteiger partial charge in [-0.1, -0.05) is 31.5 Å². The van der Waals surface area contributed by atoms with Crippen LogP contribution in [0.1, 0.15) is 30.3 Å². The Balaban J connectivity index is 1.59. The number of ether oxygens (including phenoxy) is 1. The normalized spacial score (nSPS) is 14.1. The molecule has 7 nitrogen and oxygen atoms in total. The van der Waals surface area contributed by atoms with E-state index in [1.165, 1.54) is 4.68 Å². The Labute approximate surface area is 175 Å². The number of nitrogens with zero attached hydrogens (tertiary/aromatic N) is 3. The Morgan fingerprint density at radius 1 is 1.07 bits per heavy atom. The van der Waals surface area contributed by atoms with Gasteiger partial charge in [0.2, 0.25) is 0 Å². The largest absolute Gasteiger partial charge is 0.378 e. The molecule has 0 radical (unpaired) electrons. The third kappa shape index (κ3) is 4.21. The van der Waals surface area contributed by atoms with Gasteiger partial charge in [0.15, 0.2) is 5.69 Å². The molecule has 2 aromatic carbocycles. The van der Waals surface area contributed by atoms with E-state index in [-0.39, 0.29) is 17.2 Å². The summed E-state index contributed by atoms with van der Waals surface area (Å²) in [6.45, 7) is 5.73. The molecule has 0 atom stereocenters. The van der Waals surface area contributed by atoms with Crippen molar-refractivity contribution < 1.29 is 9.53 Å². The smallest absolute Gasteiger partial charge is 0.276 e. The number of rotatable bonds is 6. The first-order chi connectivity index (χ1) is 14.7. The van der Waals surface area contributed by atoms with Gasteiger partial charge in [-0.3, -0.25) is 9.59 Å². The van der Waals surface area contributed by atoms with Crippen molar-refractivity contribution in [3.05, 3.63) is 64.6 Å². The Morgan fingerprint density at radius 3 is 2.47 bits per heavy atom. The van der Waals surface area contributed by atoms with Crippen LogP contribution in [-0.2, 0) is 11.3 Å². The number of anilines is 2. The zero-order chi connectivity index (χ0) is 20.9. The number of unbranched alkanes of at least 4 members (excludes halogenated alkanes) is 1. The van der Waals surface area contributed by atoms with Crippen molar-refractivity contribution in [2.24, 2.45) is 0 Å². The summed E-state index contributed by atoms with van der Waals surface area (Å²) >= 11 is 0. The molecule has 1 amide bonds. The summed E-state index contributed by atoms with van der Waals surface area (Å²) < 4.78 is 6.80. The predicted molar refractivity (Wildman–Crippen MR) is 118 cm³/mol. The van der Waals surface area contributed by atoms with E-state index in [1.807, 2.05) is 30.3 Å². The molecule has 30 heavy (non-hydrogen) atoms. The molecule has 1 aromatic heterocycles. The van der Waals surface area contributed by atoms with E-state index >= 15 is 0 Å². The van der Waals surface area contributed by atoms with Gasteiger partial charge in [0, 0.05) is 36.4 Å². The van der Waals surface area contributed by atoms with Gasteiger partial charge >= 0.3 is 0 Å². The zero-order valence-corrected chi connectivity index (χ0v) is 17.1. The molecule has 1 saturated heterocycles. The Hall–Kier alpha value is -3.19. The van der Waals surface area contributed by atoms with Crippen LogP contribution in [0, 0.1) is 0 Å². The number of hydrogen-bond donors (Lipinski definition) is 1. The lowest BCUT2D eigenvalue weighted by Crippen LogP contribution is -2.36. The highest BCUT2D eigenvalue weighted by atomic mass is 16.5. The van der Waals surface area contributed by atoms with Crippen molar-refractivity contribution in [2.45, 2.75) is 26.3 Å². The highest BCUT2D eigenvalue weighted by Gasteiger charge is 2.17. The minimum Gasteiger partial charge on any atom is -0.378 e. The molecule has 0 spiro atoms. The number of morpholine rings is 1. The number of hydrogen-bond acceptors (Lipinski definition) is 5. The molecule has 1 aliphatic rings. The fraction of sp³-hybridized carbons (Fsp3) is 0.348. The number of carbonyl (C=O) groups excluding carboxylic acids is 1. The van der Waals surface area contributed by atoms with Crippen molar-refractivity contribution in [1.29, 1.82) is 0 Å². The van der Waals surface area contributed by atoms with Crippen LogP contribution in [0.4, 0.5) is 11.4 Å². The van der Waals surface area contributed by atoms with Crippen LogP contribution >= 0.6 is 0 Å². The highest BCUT2D eigenvalue weighted by molar-refractivity contribution is 6.11. The fourth-order valence-corrected chi connectivity index (χ4v) is 3.63.